The second kappa shape index (κ2) is 7.17. The molecule has 0 aliphatic heterocycles. The number of hydrogen-bond acceptors (Lipinski definition) is 4. The van der Waals surface area contributed by atoms with E-state index in [4.69, 9.17) is 9.84 Å². The summed E-state index contributed by atoms with van der Waals surface area (Å²) >= 11 is 0. The van der Waals surface area contributed by atoms with Crippen molar-refractivity contribution < 1.29 is 19.4 Å². The fourth-order valence-electron chi connectivity index (χ4n) is 4.80. The predicted octanol–water partition coefficient (Wildman–Crippen LogP) is 4.16. The first-order chi connectivity index (χ1) is 13.2. The minimum absolute atomic E-state index is 0.0326. The first-order valence-electron chi connectivity index (χ1n) is 9.65. The number of allylic oxidation sites excluding steroid dienone is 5. The largest absolute Gasteiger partial charge is 0.491 e. The van der Waals surface area contributed by atoms with Gasteiger partial charge in [-0.05, 0) is 54.7 Å². The Kier molecular flexibility index (Phi) is 5.20. The minimum Gasteiger partial charge on any atom is -0.491 e. The fourth-order valence-corrected chi connectivity index (χ4v) is 4.80. The summed E-state index contributed by atoms with van der Waals surface area (Å²) in [5.74, 6) is 0.475. The molecule has 0 amide bonds. The average molecular weight is 380 g/mol. The van der Waals surface area contributed by atoms with Crippen molar-refractivity contribution in [3.8, 4) is 5.75 Å². The predicted molar refractivity (Wildman–Crippen MR) is 109 cm³/mol. The number of carbonyl (C=O) groups is 2. The van der Waals surface area contributed by atoms with Gasteiger partial charge >= 0.3 is 0 Å². The number of ether oxygens (including phenoxy) is 1. The molecule has 3 atom stereocenters. The van der Waals surface area contributed by atoms with Crippen molar-refractivity contribution in [1.29, 1.82) is 0 Å². The third-order valence-corrected chi connectivity index (χ3v) is 6.83. The number of ketones is 2. The smallest absolute Gasteiger partial charge is 0.166 e. The summed E-state index contributed by atoms with van der Waals surface area (Å²) in [7, 11) is 0. The highest BCUT2D eigenvalue weighted by molar-refractivity contribution is 6.17. The normalized spacial score (nSPS) is 30.0. The van der Waals surface area contributed by atoms with Gasteiger partial charge in [0.15, 0.2) is 11.6 Å². The van der Waals surface area contributed by atoms with E-state index in [-0.39, 0.29) is 30.7 Å². The summed E-state index contributed by atoms with van der Waals surface area (Å²) in [5, 5.41) is 8.93. The molecule has 148 valence electrons. The summed E-state index contributed by atoms with van der Waals surface area (Å²) in [6.45, 7) is 11.5. The highest BCUT2D eigenvalue weighted by atomic mass is 16.5. The molecule has 0 fully saturated rings. The summed E-state index contributed by atoms with van der Waals surface area (Å²) < 4.78 is 5.46. The van der Waals surface area contributed by atoms with Crippen molar-refractivity contribution in [2.45, 2.75) is 40.0 Å². The van der Waals surface area contributed by atoms with E-state index in [1.54, 1.807) is 19.9 Å². The SMILES string of the molecule is C=CC1=CC[C@@]2(C)C(=O)C(C)=C(C)C(=O)[C@@]2(C)[C@H]1c1ccc(OCCO)cc1. The average Bonchev–Trinajstić information content (AvgIpc) is 2.71. The second-order valence-corrected chi connectivity index (χ2v) is 8.13. The number of rotatable bonds is 5. The molecule has 0 heterocycles. The van der Waals surface area contributed by atoms with Crippen LogP contribution in [0.25, 0.3) is 0 Å². The maximum Gasteiger partial charge on any atom is 0.166 e. The van der Waals surface area contributed by atoms with Crippen LogP contribution in [0, 0.1) is 10.8 Å². The Morgan fingerprint density at radius 2 is 1.75 bits per heavy atom. The number of hydrogen-bond donors (Lipinski definition) is 1. The van der Waals surface area contributed by atoms with E-state index in [2.05, 4.69) is 12.7 Å². The Labute approximate surface area is 166 Å². The third kappa shape index (κ3) is 2.70. The third-order valence-electron chi connectivity index (χ3n) is 6.83. The monoisotopic (exact) mass is 380 g/mol. The molecule has 0 unspecified atom stereocenters. The van der Waals surface area contributed by atoms with Gasteiger partial charge in [0.1, 0.15) is 12.4 Å². The van der Waals surface area contributed by atoms with Crippen molar-refractivity contribution >= 4 is 11.6 Å². The van der Waals surface area contributed by atoms with Crippen LogP contribution in [0.4, 0.5) is 0 Å². The highest BCUT2D eigenvalue weighted by Crippen LogP contribution is 2.62. The van der Waals surface area contributed by atoms with E-state index in [0.29, 0.717) is 23.3 Å². The molecule has 0 saturated heterocycles. The fraction of sp³-hybridized carbons (Fsp3) is 0.417. The van der Waals surface area contributed by atoms with Crippen LogP contribution in [-0.4, -0.2) is 29.9 Å². The van der Waals surface area contributed by atoms with E-state index in [1.807, 2.05) is 38.1 Å². The lowest BCUT2D eigenvalue weighted by atomic mass is 9.45. The number of aliphatic hydroxyl groups excluding tert-OH is 1. The van der Waals surface area contributed by atoms with Gasteiger partial charge in [0.05, 0.1) is 12.0 Å². The number of carbonyl (C=O) groups excluding carboxylic acids is 2. The van der Waals surface area contributed by atoms with Crippen LogP contribution in [0.5, 0.6) is 5.75 Å². The summed E-state index contributed by atoms with van der Waals surface area (Å²) in [5.41, 5.74) is 1.37. The Morgan fingerprint density at radius 3 is 2.32 bits per heavy atom. The number of fused-ring (bicyclic) bond motifs is 1. The summed E-state index contributed by atoms with van der Waals surface area (Å²) in [6.07, 6.45) is 4.37. The molecule has 3 rings (SSSR count). The molecule has 1 aromatic carbocycles. The van der Waals surface area contributed by atoms with Gasteiger partial charge in [-0.3, -0.25) is 9.59 Å². The Bertz CT molecular complexity index is 890. The van der Waals surface area contributed by atoms with Gasteiger partial charge in [0.2, 0.25) is 0 Å². The van der Waals surface area contributed by atoms with Crippen molar-refractivity contribution in [3.63, 3.8) is 0 Å². The van der Waals surface area contributed by atoms with Crippen molar-refractivity contribution in [2.24, 2.45) is 10.8 Å². The van der Waals surface area contributed by atoms with Crippen LogP contribution < -0.4 is 4.74 Å². The van der Waals surface area contributed by atoms with Gasteiger partial charge in [-0.15, -0.1) is 0 Å². The molecule has 0 saturated carbocycles. The standard InChI is InChI=1S/C24H28O4/c1-6-17-11-12-23(4)21(26)15(2)16(3)22(27)24(23,5)20(17)18-7-9-19(10-8-18)28-14-13-25/h6-11,20,25H,1,12-14H2,2-5H3/t20-,23+,24-/m1/s1. The van der Waals surface area contributed by atoms with Crippen molar-refractivity contribution in [2.75, 3.05) is 13.2 Å². The Hall–Kier alpha value is -2.46. The van der Waals surface area contributed by atoms with Gasteiger partial charge in [-0.25, -0.2) is 0 Å². The summed E-state index contributed by atoms with van der Waals surface area (Å²) in [4.78, 5) is 26.8. The zero-order valence-corrected chi connectivity index (χ0v) is 17.0. The Balaban J connectivity index is 2.16. The molecule has 2 aliphatic carbocycles. The maximum atomic E-state index is 13.6. The van der Waals surface area contributed by atoms with Gasteiger partial charge in [0.25, 0.3) is 0 Å². The van der Waals surface area contributed by atoms with Crippen LogP contribution in [0.1, 0.15) is 45.6 Å². The van der Waals surface area contributed by atoms with Crippen molar-refractivity contribution in [1.82, 2.24) is 0 Å². The van der Waals surface area contributed by atoms with Gasteiger partial charge in [-0.2, -0.15) is 0 Å². The quantitative estimate of drug-likeness (QED) is 0.833. The number of Topliss-reactive ketones (excluding diaryl/α,β-unsaturated/α-hetero) is 2. The van der Waals surface area contributed by atoms with E-state index >= 15 is 0 Å². The van der Waals surface area contributed by atoms with Crippen LogP contribution in [0.15, 0.2) is 59.7 Å². The number of aliphatic hydroxyl groups is 1. The van der Waals surface area contributed by atoms with Crippen LogP contribution in [-0.2, 0) is 9.59 Å². The zero-order valence-electron chi connectivity index (χ0n) is 17.0. The summed E-state index contributed by atoms with van der Waals surface area (Å²) in [6, 6.07) is 7.54. The lowest BCUT2D eigenvalue weighted by Crippen LogP contribution is -2.57. The van der Waals surface area contributed by atoms with Gasteiger partial charge in [-0.1, -0.05) is 44.7 Å². The molecule has 2 aliphatic rings. The van der Waals surface area contributed by atoms with Crippen LogP contribution >= 0.6 is 0 Å². The zero-order chi connectivity index (χ0) is 20.7. The molecule has 0 aromatic heterocycles. The molecule has 4 nitrogen and oxygen atoms in total. The molecule has 28 heavy (non-hydrogen) atoms. The number of benzene rings is 1. The highest BCUT2D eigenvalue weighted by Gasteiger charge is 2.63. The molecule has 0 spiro atoms. The van der Waals surface area contributed by atoms with E-state index in [9.17, 15) is 9.59 Å². The van der Waals surface area contributed by atoms with E-state index in [1.165, 1.54) is 0 Å². The molecule has 0 radical (unpaired) electrons. The minimum atomic E-state index is -0.889. The lowest BCUT2D eigenvalue weighted by Gasteiger charge is -2.54. The van der Waals surface area contributed by atoms with E-state index < -0.39 is 10.8 Å². The van der Waals surface area contributed by atoms with Crippen LogP contribution in [0.3, 0.4) is 0 Å². The molecule has 0 bridgehead atoms. The lowest BCUT2D eigenvalue weighted by molar-refractivity contribution is -0.147. The maximum absolute atomic E-state index is 13.6. The molecular formula is C24H28O4. The van der Waals surface area contributed by atoms with Gasteiger partial charge < -0.3 is 9.84 Å². The van der Waals surface area contributed by atoms with E-state index in [0.717, 1.165) is 11.1 Å². The first kappa shape index (κ1) is 20.3. The molecule has 1 N–H and O–H groups in total. The molecular weight excluding hydrogens is 352 g/mol. The van der Waals surface area contributed by atoms with Gasteiger partial charge in [0, 0.05) is 11.3 Å². The van der Waals surface area contributed by atoms with Crippen LogP contribution in [0.2, 0.25) is 0 Å². The molecule has 4 heteroatoms. The topological polar surface area (TPSA) is 63.6 Å². The second-order valence-electron chi connectivity index (χ2n) is 8.13. The molecule has 1 aromatic rings. The Morgan fingerprint density at radius 1 is 1.14 bits per heavy atom. The van der Waals surface area contributed by atoms with Crippen molar-refractivity contribution in [3.05, 3.63) is 65.3 Å². The first-order valence-corrected chi connectivity index (χ1v) is 9.65.